The Labute approximate surface area is 200 Å². The molecule has 32 heavy (non-hydrogen) atoms. The average Bonchev–Trinajstić information content (AvgIpc) is 2.70. The number of halogens is 2. The van der Waals surface area contributed by atoms with Crippen LogP contribution >= 0.6 is 23.2 Å². The van der Waals surface area contributed by atoms with Crippen LogP contribution in [0.3, 0.4) is 0 Å². The monoisotopic (exact) mass is 497 g/mol. The predicted octanol–water partition coefficient (Wildman–Crippen LogP) is 4.87. The molecular formula is C23H29Cl2N3O3S. The zero-order chi connectivity index (χ0) is 23.5. The summed E-state index contributed by atoms with van der Waals surface area (Å²) in [5.41, 5.74) is 2.37. The number of benzene rings is 2. The number of carbonyl (C=O) groups is 1. The normalized spacial score (nSPS) is 17.7. The van der Waals surface area contributed by atoms with Gasteiger partial charge in [-0.1, -0.05) is 42.3 Å². The molecule has 6 nitrogen and oxygen atoms in total. The minimum atomic E-state index is -3.72. The number of hydrogen-bond acceptors (Lipinski definition) is 4. The third kappa shape index (κ3) is 6.53. The number of nitrogens with one attached hydrogen (secondary N) is 1. The smallest absolute Gasteiger partial charge is 0.241 e. The van der Waals surface area contributed by atoms with E-state index in [9.17, 15) is 13.2 Å². The first kappa shape index (κ1) is 24.7. The molecule has 0 aliphatic carbocycles. The molecule has 3 rings (SSSR count). The van der Waals surface area contributed by atoms with Crippen molar-refractivity contribution in [1.82, 2.24) is 5.32 Å². The van der Waals surface area contributed by atoms with Gasteiger partial charge in [0, 0.05) is 28.8 Å². The third-order valence-electron chi connectivity index (χ3n) is 5.62. The zero-order valence-electron chi connectivity index (χ0n) is 18.5. The van der Waals surface area contributed by atoms with E-state index in [0.29, 0.717) is 5.92 Å². The van der Waals surface area contributed by atoms with Crippen LogP contribution in [0, 0.1) is 5.92 Å². The van der Waals surface area contributed by atoms with Crippen molar-refractivity contribution in [1.29, 1.82) is 0 Å². The maximum Gasteiger partial charge on any atom is 0.241 e. The largest absolute Gasteiger partial charge is 0.371 e. The summed E-state index contributed by atoms with van der Waals surface area (Å²) in [5.74, 6) is 0.266. The van der Waals surface area contributed by atoms with Crippen LogP contribution in [0.5, 0.6) is 0 Å². The first-order valence-electron chi connectivity index (χ1n) is 10.6. The Balaban J connectivity index is 1.67. The summed E-state index contributed by atoms with van der Waals surface area (Å²) in [6, 6.07) is 12.3. The minimum Gasteiger partial charge on any atom is -0.371 e. The highest BCUT2D eigenvalue weighted by Crippen LogP contribution is 2.27. The van der Waals surface area contributed by atoms with Crippen LogP contribution < -0.4 is 14.5 Å². The van der Waals surface area contributed by atoms with Gasteiger partial charge in [-0.05, 0) is 61.6 Å². The van der Waals surface area contributed by atoms with E-state index in [-0.39, 0.29) is 28.3 Å². The summed E-state index contributed by atoms with van der Waals surface area (Å²) in [5, 5.41) is 3.46. The maximum atomic E-state index is 12.7. The molecule has 2 aromatic carbocycles. The minimum absolute atomic E-state index is 0.243. The van der Waals surface area contributed by atoms with Gasteiger partial charge >= 0.3 is 0 Å². The van der Waals surface area contributed by atoms with E-state index >= 15 is 0 Å². The molecule has 2 unspecified atom stereocenters. The number of sulfonamides is 1. The summed E-state index contributed by atoms with van der Waals surface area (Å²) in [7, 11) is -3.72. The lowest BCUT2D eigenvalue weighted by Crippen LogP contribution is -2.41. The molecule has 0 aromatic heterocycles. The molecule has 1 aliphatic heterocycles. The van der Waals surface area contributed by atoms with E-state index in [1.807, 2.05) is 19.1 Å². The summed E-state index contributed by atoms with van der Waals surface area (Å²) in [6.07, 6.45) is 3.51. The Morgan fingerprint density at radius 1 is 1.19 bits per heavy atom. The van der Waals surface area contributed by atoms with Gasteiger partial charge in [0.25, 0.3) is 0 Å². The molecular weight excluding hydrogens is 469 g/mol. The lowest BCUT2D eigenvalue weighted by molar-refractivity contribution is -0.120. The first-order valence-corrected chi connectivity index (χ1v) is 13.2. The number of hydrogen-bond donors (Lipinski definition) is 1. The zero-order valence-corrected chi connectivity index (χ0v) is 20.8. The summed E-state index contributed by atoms with van der Waals surface area (Å²) in [4.78, 5) is 15.1. The molecule has 1 N–H and O–H groups in total. The van der Waals surface area contributed by atoms with Crippen molar-refractivity contribution in [2.75, 3.05) is 35.1 Å². The number of amides is 1. The third-order valence-corrected chi connectivity index (χ3v) is 7.19. The fourth-order valence-corrected chi connectivity index (χ4v) is 5.34. The van der Waals surface area contributed by atoms with Crippen molar-refractivity contribution in [2.24, 2.45) is 5.92 Å². The quantitative estimate of drug-likeness (QED) is 0.591. The SMILES string of the molecule is CC1CCCN(c2ccc(C(C)NC(=O)CN(c3cc(Cl)cc(Cl)c3)S(C)(=O)=O)cc2)C1. The summed E-state index contributed by atoms with van der Waals surface area (Å²) < 4.78 is 25.6. The Kier molecular flexibility index (Phi) is 7.96. The molecule has 0 spiro atoms. The van der Waals surface area contributed by atoms with Crippen molar-refractivity contribution < 1.29 is 13.2 Å². The van der Waals surface area contributed by atoms with Crippen molar-refractivity contribution in [3.8, 4) is 0 Å². The first-order chi connectivity index (χ1) is 15.0. The second kappa shape index (κ2) is 10.3. The standard InChI is InChI=1S/C23H29Cl2N3O3S/c1-16-5-4-10-27(14-16)21-8-6-18(7-9-21)17(2)26-23(29)15-28(32(3,30)31)22-12-19(24)11-20(25)13-22/h6-9,11-13,16-17H,4-5,10,14-15H2,1-3H3,(H,26,29). The molecule has 2 aromatic rings. The molecule has 1 saturated heterocycles. The molecule has 1 aliphatic rings. The van der Waals surface area contributed by atoms with Crippen LogP contribution in [0.4, 0.5) is 11.4 Å². The number of carbonyl (C=O) groups excluding carboxylic acids is 1. The van der Waals surface area contributed by atoms with Crippen LogP contribution in [0.25, 0.3) is 0 Å². The average molecular weight is 498 g/mol. The lowest BCUT2D eigenvalue weighted by atomic mass is 9.99. The topological polar surface area (TPSA) is 69.7 Å². The van der Waals surface area contributed by atoms with Crippen LogP contribution in [0.1, 0.15) is 38.3 Å². The molecule has 2 atom stereocenters. The number of nitrogens with zero attached hydrogens (tertiary/aromatic N) is 2. The number of piperidine rings is 1. The van der Waals surface area contributed by atoms with E-state index in [4.69, 9.17) is 23.2 Å². The second-order valence-corrected chi connectivity index (χ2v) is 11.3. The molecule has 0 radical (unpaired) electrons. The van der Waals surface area contributed by atoms with E-state index in [2.05, 4.69) is 29.3 Å². The van der Waals surface area contributed by atoms with E-state index in [1.54, 1.807) is 0 Å². The van der Waals surface area contributed by atoms with Crippen molar-refractivity contribution in [3.63, 3.8) is 0 Å². The highest BCUT2D eigenvalue weighted by Gasteiger charge is 2.23. The Bertz CT molecular complexity index is 1040. The van der Waals surface area contributed by atoms with Crippen molar-refractivity contribution >= 4 is 50.5 Å². The highest BCUT2D eigenvalue weighted by atomic mass is 35.5. The lowest BCUT2D eigenvalue weighted by Gasteiger charge is -2.33. The Hall–Kier alpha value is -1.96. The van der Waals surface area contributed by atoms with Gasteiger partial charge in [0.05, 0.1) is 18.0 Å². The van der Waals surface area contributed by atoms with E-state index < -0.39 is 15.9 Å². The molecule has 1 fully saturated rings. The summed E-state index contributed by atoms with van der Waals surface area (Å²) in [6.45, 7) is 5.89. The van der Waals surface area contributed by atoms with Gasteiger partial charge in [-0.2, -0.15) is 0 Å². The van der Waals surface area contributed by atoms with Gasteiger partial charge in [0.1, 0.15) is 6.54 Å². The Morgan fingerprint density at radius 2 is 1.81 bits per heavy atom. The van der Waals surface area contributed by atoms with Gasteiger partial charge in [-0.15, -0.1) is 0 Å². The molecule has 0 bridgehead atoms. The molecule has 1 heterocycles. The molecule has 174 valence electrons. The molecule has 0 saturated carbocycles. The van der Waals surface area contributed by atoms with Crippen LogP contribution in [-0.2, 0) is 14.8 Å². The fraction of sp³-hybridized carbons (Fsp3) is 0.435. The van der Waals surface area contributed by atoms with Gasteiger partial charge < -0.3 is 10.2 Å². The summed E-state index contributed by atoms with van der Waals surface area (Å²) >= 11 is 12.0. The van der Waals surface area contributed by atoms with Gasteiger partial charge in [-0.3, -0.25) is 9.10 Å². The Morgan fingerprint density at radius 3 is 2.38 bits per heavy atom. The van der Waals surface area contributed by atoms with Gasteiger partial charge in [0.15, 0.2) is 0 Å². The van der Waals surface area contributed by atoms with E-state index in [1.165, 1.54) is 36.7 Å². The maximum absolute atomic E-state index is 12.7. The fourth-order valence-electron chi connectivity index (χ4n) is 3.98. The highest BCUT2D eigenvalue weighted by molar-refractivity contribution is 7.92. The van der Waals surface area contributed by atoms with Crippen LogP contribution in [-0.4, -0.2) is 40.2 Å². The number of rotatable bonds is 7. The molecule has 9 heteroatoms. The van der Waals surface area contributed by atoms with Crippen molar-refractivity contribution in [3.05, 3.63) is 58.1 Å². The van der Waals surface area contributed by atoms with Gasteiger partial charge in [-0.25, -0.2) is 8.42 Å². The molecule has 1 amide bonds. The van der Waals surface area contributed by atoms with Crippen molar-refractivity contribution in [2.45, 2.75) is 32.7 Å². The second-order valence-electron chi connectivity index (χ2n) is 8.47. The van der Waals surface area contributed by atoms with Gasteiger partial charge in [0.2, 0.25) is 15.9 Å². The van der Waals surface area contributed by atoms with Crippen LogP contribution in [0.2, 0.25) is 10.0 Å². The number of anilines is 2. The van der Waals surface area contributed by atoms with Crippen LogP contribution in [0.15, 0.2) is 42.5 Å². The van der Waals surface area contributed by atoms with E-state index in [0.717, 1.165) is 29.2 Å². The predicted molar refractivity (Wildman–Crippen MR) is 132 cm³/mol.